The maximum atomic E-state index is 12.4. The molecule has 4 rings (SSSR count). The maximum absolute atomic E-state index is 12.4. The molecule has 2 heterocycles. The third-order valence-electron chi connectivity index (χ3n) is 5.71. The summed E-state index contributed by atoms with van der Waals surface area (Å²) >= 11 is 0. The van der Waals surface area contributed by atoms with Crippen LogP contribution in [0.25, 0.3) is 10.8 Å². The van der Waals surface area contributed by atoms with E-state index in [9.17, 15) is 4.79 Å². The van der Waals surface area contributed by atoms with E-state index in [2.05, 4.69) is 60.0 Å². The van der Waals surface area contributed by atoms with E-state index in [0.29, 0.717) is 6.42 Å². The van der Waals surface area contributed by atoms with Gasteiger partial charge in [-0.25, -0.2) is 4.98 Å². The quantitative estimate of drug-likeness (QED) is 0.549. The average Bonchev–Trinajstić information content (AvgIpc) is 2.76. The van der Waals surface area contributed by atoms with E-state index >= 15 is 0 Å². The Balaban J connectivity index is 1.26. The van der Waals surface area contributed by atoms with E-state index in [1.54, 1.807) is 0 Å². The maximum Gasteiger partial charge on any atom is 0.220 e. The number of rotatable bonds is 7. The average molecular weight is 388 g/mol. The van der Waals surface area contributed by atoms with Crippen LogP contribution in [-0.4, -0.2) is 17.4 Å². The fourth-order valence-electron chi connectivity index (χ4n) is 4.12. The number of hydrogen-bond acceptors (Lipinski definition) is 3. The fourth-order valence-corrected chi connectivity index (χ4v) is 4.12. The van der Waals surface area contributed by atoms with E-state index in [4.69, 9.17) is 4.98 Å². The number of anilines is 1. The second-order valence-corrected chi connectivity index (χ2v) is 7.91. The summed E-state index contributed by atoms with van der Waals surface area (Å²) in [5.41, 5.74) is 3.60. The van der Waals surface area contributed by atoms with Gasteiger partial charge in [-0.15, -0.1) is 0 Å². The number of carbonyl (C=O) groups is 1. The third-order valence-corrected chi connectivity index (χ3v) is 5.71. The molecular formula is C25H29N3O. The van der Waals surface area contributed by atoms with E-state index < -0.39 is 0 Å². The Labute approximate surface area is 172 Å². The number of amides is 1. The van der Waals surface area contributed by atoms with Gasteiger partial charge >= 0.3 is 0 Å². The summed E-state index contributed by atoms with van der Waals surface area (Å²) in [5, 5.41) is 8.96. The lowest BCUT2D eigenvalue weighted by Gasteiger charge is -2.17. The lowest BCUT2D eigenvalue weighted by molar-refractivity contribution is -0.121. The van der Waals surface area contributed by atoms with Crippen LogP contribution in [0.4, 0.5) is 5.82 Å². The molecule has 0 saturated carbocycles. The zero-order valence-corrected chi connectivity index (χ0v) is 17.1. The number of pyridine rings is 1. The summed E-state index contributed by atoms with van der Waals surface area (Å²) in [7, 11) is 0. The molecule has 0 radical (unpaired) electrons. The second-order valence-electron chi connectivity index (χ2n) is 7.91. The Morgan fingerprint density at radius 1 is 1.10 bits per heavy atom. The number of nitrogens with zero attached hydrogens (tertiary/aromatic N) is 1. The van der Waals surface area contributed by atoms with Crippen molar-refractivity contribution in [3.05, 3.63) is 71.4 Å². The van der Waals surface area contributed by atoms with Crippen LogP contribution in [0.3, 0.4) is 0 Å². The largest absolute Gasteiger partial charge is 0.370 e. The Morgan fingerprint density at radius 2 is 1.97 bits per heavy atom. The van der Waals surface area contributed by atoms with Crippen molar-refractivity contribution in [3.63, 3.8) is 0 Å². The highest BCUT2D eigenvalue weighted by molar-refractivity contribution is 5.86. The molecule has 29 heavy (non-hydrogen) atoms. The molecule has 4 heteroatoms. The van der Waals surface area contributed by atoms with Crippen LogP contribution in [0.15, 0.2) is 54.6 Å². The summed E-state index contributed by atoms with van der Waals surface area (Å²) in [6.45, 7) is 3.07. The number of aryl methyl sites for hydroxylation is 2. The summed E-state index contributed by atoms with van der Waals surface area (Å²) in [6, 6.07) is 18.9. The van der Waals surface area contributed by atoms with Gasteiger partial charge in [0, 0.05) is 18.7 Å². The van der Waals surface area contributed by atoms with Gasteiger partial charge in [0.1, 0.15) is 5.82 Å². The molecule has 150 valence electrons. The minimum Gasteiger partial charge on any atom is -0.370 e. The zero-order valence-electron chi connectivity index (χ0n) is 17.1. The number of unbranched alkanes of at least 4 members (excludes halogenated alkanes) is 1. The van der Waals surface area contributed by atoms with Gasteiger partial charge in [-0.3, -0.25) is 4.79 Å². The minimum absolute atomic E-state index is 0.00184. The van der Waals surface area contributed by atoms with Gasteiger partial charge in [0.2, 0.25) is 5.91 Å². The molecule has 1 amide bonds. The number of fused-ring (bicyclic) bond motifs is 2. The first-order valence-electron chi connectivity index (χ1n) is 10.7. The van der Waals surface area contributed by atoms with Crippen molar-refractivity contribution in [2.75, 3.05) is 11.9 Å². The second kappa shape index (κ2) is 9.08. The van der Waals surface area contributed by atoms with E-state index in [1.807, 2.05) is 12.1 Å². The summed E-state index contributed by atoms with van der Waals surface area (Å²) in [5.74, 6) is 1.17. The highest BCUT2D eigenvalue weighted by atomic mass is 16.1. The minimum atomic E-state index is 0.00184. The van der Waals surface area contributed by atoms with E-state index in [-0.39, 0.29) is 11.9 Å². The SMILES string of the molecule is CC(NC(=O)CCCCc1ccc2c(n1)NCCC2)c1cccc2ccccc12. The highest BCUT2D eigenvalue weighted by Crippen LogP contribution is 2.24. The third kappa shape index (κ3) is 4.76. The van der Waals surface area contributed by atoms with Crippen LogP contribution >= 0.6 is 0 Å². The first-order valence-corrected chi connectivity index (χ1v) is 10.7. The zero-order chi connectivity index (χ0) is 20.1. The molecule has 1 unspecified atom stereocenters. The Morgan fingerprint density at radius 3 is 2.90 bits per heavy atom. The lowest BCUT2D eigenvalue weighted by atomic mass is 9.99. The van der Waals surface area contributed by atoms with Crippen molar-refractivity contribution >= 4 is 22.5 Å². The van der Waals surface area contributed by atoms with Crippen LogP contribution in [0.1, 0.15) is 55.5 Å². The molecule has 1 aliphatic heterocycles. The van der Waals surface area contributed by atoms with Crippen LogP contribution in [-0.2, 0) is 17.6 Å². The molecule has 3 aromatic rings. The van der Waals surface area contributed by atoms with Gasteiger partial charge in [0.15, 0.2) is 0 Å². The van der Waals surface area contributed by atoms with Crippen LogP contribution in [0, 0.1) is 0 Å². The number of aromatic nitrogens is 1. The van der Waals surface area contributed by atoms with Crippen molar-refractivity contribution in [2.45, 2.75) is 51.5 Å². The predicted octanol–water partition coefficient (Wildman–Crippen LogP) is 5.18. The van der Waals surface area contributed by atoms with Gasteiger partial charge in [0.25, 0.3) is 0 Å². The first-order chi connectivity index (χ1) is 14.2. The standard InChI is InChI=1S/C25H29N3O/c1-18(22-13-6-9-19-8-2-4-12-23(19)22)27-24(29)14-5-3-11-21-16-15-20-10-7-17-26-25(20)28-21/h2,4,6,8-9,12-13,15-16,18H,3,5,7,10-11,14,17H2,1H3,(H,26,28)(H,27,29). The molecule has 1 atom stereocenters. The molecule has 4 nitrogen and oxygen atoms in total. The van der Waals surface area contributed by atoms with Crippen molar-refractivity contribution < 1.29 is 4.79 Å². The molecule has 0 saturated heterocycles. The van der Waals surface area contributed by atoms with Crippen LogP contribution < -0.4 is 10.6 Å². The summed E-state index contributed by atoms with van der Waals surface area (Å²) in [6.07, 6.45) is 5.62. The lowest BCUT2D eigenvalue weighted by Crippen LogP contribution is -2.26. The van der Waals surface area contributed by atoms with Gasteiger partial charge in [0.05, 0.1) is 6.04 Å². The van der Waals surface area contributed by atoms with Crippen molar-refractivity contribution in [1.29, 1.82) is 0 Å². The summed E-state index contributed by atoms with van der Waals surface area (Å²) < 4.78 is 0. The molecule has 1 aromatic heterocycles. The van der Waals surface area contributed by atoms with Gasteiger partial charge < -0.3 is 10.6 Å². The van der Waals surface area contributed by atoms with Gasteiger partial charge in [-0.05, 0) is 67.0 Å². The molecule has 0 bridgehead atoms. The Bertz CT molecular complexity index is 993. The van der Waals surface area contributed by atoms with Crippen molar-refractivity contribution in [2.24, 2.45) is 0 Å². The Hall–Kier alpha value is -2.88. The van der Waals surface area contributed by atoms with E-state index in [1.165, 1.54) is 28.3 Å². The topological polar surface area (TPSA) is 54.0 Å². The number of nitrogens with one attached hydrogen (secondary N) is 2. The van der Waals surface area contributed by atoms with Crippen LogP contribution in [0.2, 0.25) is 0 Å². The van der Waals surface area contributed by atoms with Crippen molar-refractivity contribution in [3.8, 4) is 0 Å². The Kier molecular flexibility index (Phi) is 6.09. The molecule has 0 aliphatic carbocycles. The molecule has 0 fully saturated rings. The highest BCUT2D eigenvalue weighted by Gasteiger charge is 2.13. The first kappa shape index (κ1) is 19.4. The van der Waals surface area contributed by atoms with E-state index in [0.717, 1.165) is 43.7 Å². The smallest absolute Gasteiger partial charge is 0.220 e. The summed E-state index contributed by atoms with van der Waals surface area (Å²) in [4.78, 5) is 17.2. The fraction of sp³-hybridized carbons (Fsp3) is 0.360. The normalized spacial score (nSPS) is 14.1. The van der Waals surface area contributed by atoms with Crippen LogP contribution in [0.5, 0.6) is 0 Å². The number of hydrogen-bond donors (Lipinski definition) is 2. The molecule has 2 N–H and O–H groups in total. The number of carbonyl (C=O) groups excluding carboxylic acids is 1. The number of benzene rings is 2. The predicted molar refractivity (Wildman–Crippen MR) is 119 cm³/mol. The molecule has 2 aromatic carbocycles. The molecular weight excluding hydrogens is 358 g/mol. The van der Waals surface area contributed by atoms with Gasteiger partial charge in [-0.2, -0.15) is 0 Å². The van der Waals surface area contributed by atoms with Gasteiger partial charge in [-0.1, -0.05) is 48.5 Å². The monoisotopic (exact) mass is 387 g/mol. The molecule has 0 spiro atoms. The van der Waals surface area contributed by atoms with Crippen molar-refractivity contribution in [1.82, 2.24) is 10.3 Å². The molecule has 1 aliphatic rings.